The lowest BCUT2D eigenvalue weighted by Gasteiger charge is -2.08. The molecule has 1 aromatic rings. The number of nitrogens with zero attached hydrogens (tertiary/aromatic N) is 2. The molecule has 0 aliphatic carbocycles. The van der Waals surface area contributed by atoms with E-state index in [1.165, 1.54) is 18.2 Å². The third kappa shape index (κ3) is 3.26. The molecule has 16 heavy (non-hydrogen) atoms. The van der Waals surface area contributed by atoms with Gasteiger partial charge in [-0.1, -0.05) is 18.2 Å². The van der Waals surface area contributed by atoms with Crippen molar-refractivity contribution in [3.05, 3.63) is 35.4 Å². The van der Waals surface area contributed by atoms with E-state index in [-0.39, 0.29) is 11.5 Å². The SMILES string of the molecule is NC(N)=N/N=C/c1ccccc1C(F)(F)F. The van der Waals surface area contributed by atoms with Crippen LogP contribution < -0.4 is 11.5 Å². The van der Waals surface area contributed by atoms with E-state index >= 15 is 0 Å². The zero-order chi connectivity index (χ0) is 12.2. The summed E-state index contributed by atoms with van der Waals surface area (Å²) < 4.78 is 37.5. The van der Waals surface area contributed by atoms with Crippen molar-refractivity contribution in [2.24, 2.45) is 21.7 Å². The summed E-state index contributed by atoms with van der Waals surface area (Å²) in [6.07, 6.45) is -3.48. The molecule has 1 aromatic carbocycles. The van der Waals surface area contributed by atoms with E-state index in [0.29, 0.717) is 0 Å². The van der Waals surface area contributed by atoms with Crippen LogP contribution in [-0.2, 0) is 6.18 Å². The minimum absolute atomic E-state index is 0.0972. The molecule has 0 aliphatic rings. The first-order valence-electron chi connectivity index (χ1n) is 4.19. The maximum atomic E-state index is 12.5. The quantitative estimate of drug-likeness (QED) is 0.456. The van der Waals surface area contributed by atoms with Gasteiger partial charge in [-0.25, -0.2) is 0 Å². The molecular formula is C9H9F3N4. The van der Waals surface area contributed by atoms with Gasteiger partial charge in [-0.05, 0) is 6.07 Å². The zero-order valence-corrected chi connectivity index (χ0v) is 8.07. The van der Waals surface area contributed by atoms with Crippen LogP contribution in [0.25, 0.3) is 0 Å². The molecule has 86 valence electrons. The Kier molecular flexibility index (Phi) is 3.49. The molecule has 0 aliphatic heterocycles. The zero-order valence-electron chi connectivity index (χ0n) is 8.07. The molecule has 0 heterocycles. The molecule has 0 spiro atoms. The number of alkyl halides is 3. The fourth-order valence-corrected chi connectivity index (χ4v) is 1.03. The van der Waals surface area contributed by atoms with Crippen molar-refractivity contribution in [2.75, 3.05) is 0 Å². The van der Waals surface area contributed by atoms with Gasteiger partial charge in [0.15, 0.2) is 0 Å². The minimum atomic E-state index is -4.43. The van der Waals surface area contributed by atoms with Gasteiger partial charge in [-0.15, -0.1) is 5.10 Å². The summed E-state index contributed by atoms with van der Waals surface area (Å²) >= 11 is 0. The number of benzene rings is 1. The molecule has 1 rings (SSSR count). The number of nitrogens with two attached hydrogens (primary N) is 2. The molecule has 0 saturated carbocycles. The fourth-order valence-electron chi connectivity index (χ4n) is 1.03. The molecule has 0 aromatic heterocycles. The number of halogens is 3. The van der Waals surface area contributed by atoms with Crippen LogP contribution in [-0.4, -0.2) is 12.2 Å². The van der Waals surface area contributed by atoms with Gasteiger partial charge in [-0.2, -0.15) is 18.3 Å². The largest absolute Gasteiger partial charge is 0.417 e. The van der Waals surface area contributed by atoms with Crippen molar-refractivity contribution >= 4 is 12.2 Å². The smallest absolute Gasteiger partial charge is 0.369 e. The lowest BCUT2D eigenvalue weighted by Crippen LogP contribution is -2.21. The number of hydrogen-bond donors (Lipinski definition) is 2. The summed E-state index contributed by atoms with van der Waals surface area (Å²) in [6, 6.07) is 4.98. The first kappa shape index (κ1) is 12.0. The van der Waals surface area contributed by atoms with Crippen molar-refractivity contribution in [3.8, 4) is 0 Å². The van der Waals surface area contributed by atoms with Crippen molar-refractivity contribution in [1.29, 1.82) is 0 Å². The Bertz CT molecular complexity index is 419. The molecule has 0 saturated heterocycles. The van der Waals surface area contributed by atoms with Crippen molar-refractivity contribution < 1.29 is 13.2 Å². The van der Waals surface area contributed by atoms with Gasteiger partial charge in [0, 0.05) is 5.56 Å². The monoisotopic (exact) mass is 230 g/mol. The average molecular weight is 230 g/mol. The van der Waals surface area contributed by atoms with Gasteiger partial charge in [0.1, 0.15) is 0 Å². The number of rotatable bonds is 2. The van der Waals surface area contributed by atoms with E-state index < -0.39 is 11.7 Å². The molecule has 7 heteroatoms. The Morgan fingerprint density at radius 3 is 2.38 bits per heavy atom. The van der Waals surface area contributed by atoms with E-state index in [0.717, 1.165) is 12.3 Å². The summed E-state index contributed by atoms with van der Waals surface area (Å²) in [5.41, 5.74) is 9.06. The molecule has 4 N–H and O–H groups in total. The highest BCUT2D eigenvalue weighted by molar-refractivity contribution is 5.83. The number of hydrogen-bond acceptors (Lipinski definition) is 2. The van der Waals surface area contributed by atoms with Crippen LogP contribution in [0.4, 0.5) is 13.2 Å². The lowest BCUT2D eigenvalue weighted by atomic mass is 10.1. The molecule has 0 radical (unpaired) electrons. The molecule has 0 fully saturated rings. The summed E-state index contributed by atoms with van der Waals surface area (Å²) in [6.45, 7) is 0. The topological polar surface area (TPSA) is 76.8 Å². The first-order valence-corrected chi connectivity index (χ1v) is 4.19. The molecule has 0 atom stereocenters. The van der Waals surface area contributed by atoms with Crippen LogP contribution >= 0.6 is 0 Å². The second kappa shape index (κ2) is 4.65. The Labute approximate surface area is 89.5 Å². The highest BCUT2D eigenvalue weighted by Crippen LogP contribution is 2.30. The Morgan fingerprint density at radius 2 is 1.81 bits per heavy atom. The Morgan fingerprint density at radius 1 is 1.19 bits per heavy atom. The Balaban J connectivity index is 3.05. The molecule has 0 bridgehead atoms. The van der Waals surface area contributed by atoms with E-state index in [4.69, 9.17) is 11.5 Å². The van der Waals surface area contributed by atoms with Gasteiger partial charge >= 0.3 is 6.18 Å². The van der Waals surface area contributed by atoms with E-state index in [2.05, 4.69) is 10.2 Å². The summed E-state index contributed by atoms with van der Waals surface area (Å²) in [5, 5.41) is 6.55. The van der Waals surface area contributed by atoms with Crippen LogP contribution in [0.2, 0.25) is 0 Å². The summed E-state index contributed by atoms with van der Waals surface area (Å²) in [4.78, 5) is 0. The van der Waals surface area contributed by atoms with E-state index in [9.17, 15) is 13.2 Å². The average Bonchev–Trinajstić information content (AvgIpc) is 2.16. The van der Waals surface area contributed by atoms with Crippen molar-refractivity contribution in [3.63, 3.8) is 0 Å². The summed E-state index contributed by atoms with van der Waals surface area (Å²) in [7, 11) is 0. The normalized spacial score (nSPS) is 11.7. The second-order valence-corrected chi connectivity index (χ2v) is 2.85. The maximum Gasteiger partial charge on any atom is 0.417 e. The molecule has 0 unspecified atom stereocenters. The second-order valence-electron chi connectivity index (χ2n) is 2.85. The van der Waals surface area contributed by atoms with Crippen molar-refractivity contribution in [2.45, 2.75) is 6.18 Å². The third-order valence-electron chi connectivity index (χ3n) is 1.64. The highest BCUT2D eigenvalue weighted by Gasteiger charge is 2.32. The number of guanidine groups is 1. The maximum absolute atomic E-state index is 12.5. The first-order chi connectivity index (χ1) is 7.41. The van der Waals surface area contributed by atoms with Gasteiger partial charge in [0.05, 0.1) is 11.8 Å². The fraction of sp³-hybridized carbons (Fsp3) is 0.111. The predicted molar refractivity (Wildman–Crippen MR) is 54.8 cm³/mol. The Hall–Kier alpha value is -2.05. The van der Waals surface area contributed by atoms with Crippen molar-refractivity contribution in [1.82, 2.24) is 0 Å². The van der Waals surface area contributed by atoms with Gasteiger partial charge in [-0.3, -0.25) is 0 Å². The molecule has 4 nitrogen and oxygen atoms in total. The minimum Gasteiger partial charge on any atom is -0.369 e. The predicted octanol–water partition coefficient (Wildman–Crippen LogP) is 1.31. The molecule has 0 amide bonds. The van der Waals surface area contributed by atoms with Crippen LogP contribution in [0.15, 0.2) is 34.5 Å². The summed E-state index contributed by atoms with van der Waals surface area (Å²) in [5.74, 6) is -0.319. The third-order valence-corrected chi connectivity index (χ3v) is 1.64. The molecular weight excluding hydrogens is 221 g/mol. The van der Waals surface area contributed by atoms with Crippen LogP contribution in [0.1, 0.15) is 11.1 Å². The van der Waals surface area contributed by atoms with Gasteiger partial charge < -0.3 is 11.5 Å². The van der Waals surface area contributed by atoms with Crippen LogP contribution in [0.3, 0.4) is 0 Å². The van der Waals surface area contributed by atoms with Crippen LogP contribution in [0.5, 0.6) is 0 Å². The van der Waals surface area contributed by atoms with Gasteiger partial charge in [0.25, 0.3) is 0 Å². The highest BCUT2D eigenvalue weighted by atomic mass is 19.4. The van der Waals surface area contributed by atoms with Crippen LogP contribution in [0, 0.1) is 0 Å². The standard InChI is InChI=1S/C9H9F3N4/c10-9(11,12)7-4-2-1-3-6(7)5-15-16-8(13)14/h1-5H,(H4,13,14,16)/b15-5+. The lowest BCUT2D eigenvalue weighted by molar-refractivity contribution is -0.137. The van der Waals surface area contributed by atoms with E-state index in [1.807, 2.05) is 0 Å². The van der Waals surface area contributed by atoms with Gasteiger partial charge in [0.2, 0.25) is 5.96 Å². The van der Waals surface area contributed by atoms with E-state index in [1.54, 1.807) is 0 Å².